The largest absolute Gasteiger partial charge is 0.374 e. The van der Waals surface area contributed by atoms with Crippen LogP contribution in [0, 0.1) is 0 Å². The van der Waals surface area contributed by atoms with Crippen molar-refractivity contribution in [1.29, 1.82) is 0 Å². The maximum atomic E-state index is 6.42. The van der Waals surface area contributed by atoms with Gasteiger partial charge in [0, 0.05) is 26.0 Å². The van der Waals surface area contributed by atoms with Crippen LogP contribution in [-0.4, -0.2) is 47.7 Å². The highest BCUT2D eigenvalue weighted by Gasteiger charge is 2.54. The standard InChI is InChI=1S/C30H40N4O3/c1-2-30(27-12-5-7-20-35-27)33-18-9-19-34(30)32-31-29(33)26-11-4-3-10-25(26)24-16-14-23(15-17-24)22-37-28-13-6-8-21-36-28/h3-4,9-11,14-17,19,27-29,31-32H,2,5-8,12-13,18,20-22H2,1H3. The van der Waals surface area contributed by atoms with Crippen LogP contribution < -0.4 is 11.0 Å². The highest BCUT2D eigenvalue weighted by atomic mass is 16.7. The molecule has 5 unspecified atom stereocenters. The van der Waals surface area contributed by atoms with E-state index in [1.165, 1.54) is 35.1 Å². The molecule has 2 aromatic rings. The summed E-state index contributed by atoms with van der Waals surface area (Å²) in [6.07, 6.45) is 12.2. The van der Waals surface area contributed by atoms with Crippen LogP contribution in [0.1, 0.15) is 69.2 Å². The van der Waals surface area contributed by atoms with Gasteiger partial charge in [-0.3, -0.25) is 9.91 Å². The van der Waals surface area contributed by atoms with Gasteiger partial charge in [-0.2, -0.15) is 5.53 Å². The van der Waals surface area contributed by atoms with E-state index in [1.807, 2.05) is 0 Å². The SMILES string of the molecule is CCC1(C2CCCCO2)N2C=CCN1C(c1ccccc1-c1ccc(COC3CCCCO3)cc1)NN2. The van der Waals surface area contributed by atoms with Crippen molar-refractivity contribution in [2.45, 2.75) is 82.7 Å². The molecule has 4 aliphatic heterocycles. The number of nitrogens with zero attached hydrogens (tertiary/aromatic N) is 2. The zero-order valence-corrected chi connectivity index (χ0v) is 21.9. The van der Waals surface area contributed by atoms with Gasteiger partial charge in [-0.05, 0) is 67.2 Å². The Morgan fingerprint density at radius 1 is 0.973 bits per heavy atom. The lowest BCUT2D eigenvalue weighted by atomic mass is 9.87. The molecule has 0 radical (unpaired) electrons. The minimum absolute atomic E-state index is 0.00865. The molecule has 0 aromatic heterocycles. The quantitative estimate of drug-likeness (QED) is 0.536. The van der Waals surface area contributed by atoms with Crippen LogP contribution in [0.4, 0.5) is 0 Å². The van der Waals surface area contributed by atoms with Crippen molar-refractivity contribution in [1.82, 2.24) is 20.9 Å². The Balaban J connectivity index is 1.26. The summed E-state index contributed by atoms with van der Waals surface area (Å²) in [5.74, 6) is 0. The van der Waals surface area contributed by atoms with Gasteiger partial charge in [0.1, 0.15) is 11.8 Å². The van der Waals surface area contributed by atoms with E-state index in [4.69, 9.17) is 14.2 Å². The molecule has 2 bridgehead atoms. The zero-order chi connectivity index (χ0) is 25.1. The lowest BCUT2D eigenvalue weighted by molar-refractivity contribution is -0.226. The van der Waals surface area contributed by atoms with Gasteiger partial charge in [0.25, 0.3) is 0 Å². The third-order valence-corrected chi connectivity index (χ3v) is 8.41. The molecule has 0 aliphatic carbocycles. The lowest BCUT2D eigenvalue weighted by Crippen LogP contribution is -2.78. The Kier molecular flexibility index (Phi) is 7.60. The van der Waals surface area contributed by atoms with Crippen LogP contribution in [0.3, 0.4) is 0 Å². The number of ether oxygens (including phenoxy) is 3. The van der Waals surface area contributed by atoms with Crippen molar-refractivity contribution >= 4 is 0 Å². The average Bonchev–Trinajstić information content (AvgIpc) is 2.97. The topological polar surface area (TPSA) is 58.2 Å². The van der Waals surface area contributed by atoms with Crippen LogP contribution in [0.15, 0.2) is 60.8 Å². The van der Waals surface area contributed by atoms with Gasteiger partial charge < -0.3 is 14.2 Å². The Hall–Kier alpha value is -2.26. The molecule has 7 heteroatoms. The molecule has 4 aliphatic rings. The Labute approximate surface area is 220 Å². The molecule has 4 heterocycles. The molecular formula is C30H40N4O3. The minimum atomic E-state index is -0.236. The summed E-state index contributed by atoms with van der Waals surface area (Å²) in [5, 5.41) is 2.23. The highest BCUT2D eigenvalue weighted by molar-refractivity contribution is 5.68. The van der Waals surface area contributed by atoms with E-state index in [2.05, 4.69) is 88.6 Å². The predicted octanol–water partition coefficient (Wildman–Crippen LogP) is 5.22. The predicted molar refractivity (Wildman–Crippen MR) is 144 cm³/mol. The first kappa shape index (κ1) is 25.0. The number of rotatable bonds is 7. The van der Waals surface area contributed by atoms with Gasteiger partial charge in [0.2, 0.25) is 0 Å². The van der Waals surface area contributed by atoms with Crippen LogP contribution in [-0.2, 0) is 20.8 Å². The van der Waals surface area contributed by atoms with Crippen molar-refractivity contribution in [3.63, 3.8) is 0 Å². The van der Waals surface area contributed by atoms with Crippen molar-refractivity contribution in [3.8, 4) is 11.1 Å². The number of hydrazine groups is 2. The first-order valence-corrected chi connectivity index (χ1v) is 14.1. The maximum absolute atomic E-state index is 6.42. The van der Waals surface area contributed by atoms with Gasteiger partial charge in [-0.15, -0.1) is 0 Å². The lowest BCUT2D eigenvalue weighted by Gasteiger charge is -2.61. The highest BCUT2D eigenvalue weighted by Crippen LogP contribution is 2.44. The van der Waals surface area contributed by atoms with E-state index in [1.54, 1.807) is 0 Å². The van der Waals surface area contributed by atoms with Crippen LogP contribution in [0.25, 0.3) is 11.1 Å². The van der Waals surface area contributed by atoms with Crippen LogP contribution in [0.5, 0.6) is 0 Å². The van der Waals surface area contributed by atoms with Gasteiger partial charge in [-0.1, -0.05) is 61.5 Å². The van der Waals surface area contributed by atoms with E-state index in [0.717, 1.165) is 51.9 Å². The summed E-state index contributed by atoms with van der Waals surface area (Å²) in [6.45, 7) is 5.39. The molecule has 37 heavy (non-hydrogen) atoms. The van der Waals surface area contributed by atoms with E-state index < -0.39 is 0 Å². The smallest absolute Gasteiger partial charge is 0.158 e. The number of hydrogen-bond acceptors (Lipinski definition) is 7. The van der Waals surface area contributed by atoms with Crippen molar-refractivity contribution in [2.75, 3.05) is 19.8 Å². The third kappa shape index (κ3) is 4.85. The van der Waals surface area contributed by atoms with Gasteiger partial charge >= 0.3 is 0 Å². The van der Waals surface area contributed by atoms with Crippen LogP contribution in [0.2, 0.25) is 0 Å². The molecule has 2 N–H and O–H groups in total. The molecule has 0 amide bonds. The molecule has 6 rings (SSSR count). The number of hydrogen-bond donors (Lipinski definition) is 2. The summed E-state index contributed by atoms with van der Waals surface area (Å²) in [6, 6.07) is 17.6. The molecule has 5 atom stereocenters. The summed E-state index contributed by atoms with van der Waals surface area (Å²) >= 11 is 0. The summed E-state index contributed by atoms with van der Waals surface area (Å²) in [7, 11) is 0. The number of nitrogens with one attached hydrogen (secondary N) is 2. The molecule has 198 valence electrons. The fourth-order valence-electron chi connectivity index (χ4n) is 6.47. The summed E-state index contributed by atoms with van der Waals surface area (Å²) < 4.78 is 18.1. The Morgan fingerprint density at radius 3 is 2.54 bits per heavy atom. The van der Waals surface area contributed by atoms with E-state index in [0.29, 0.717) is 6.61 Å². The summed E-state index contributed by atoms with van der Waals surface area (Å²) in [4.78, 5) is 2.59. The Morgan fingerprint density at radius 2 is 1.78 bits per heavy atom. The second-order valence-electron chi connectivity index (χ2n) is 10.5. The zero-order valence-electron chi connectivity index (χ0n) is 21.9. The molecule has 7 nitrogen and oxygen atoms in total. The monoisotopic (exact) mass is 504 g/mol. The summed E-state index contributed by atoms with van der Waals surface area (Å²) in [5.41, 5.74) is 11.8. The van der Waals surface area contributed by atoms with Gasteiger partial charge in [0.15, 0.2) is 6.29 Å². The normalized spacial score (nSPS) is 31.9. The maximum Gasteiger partial charge on any atom is 0.158 e. The number of fused-ring (bicyclic) bond motifs is 2. The van der Waals surface area contributed by atoms with E-state index in [-0.39, 0.29) is 24.2 Å². The molecular weight excluding hydrogens is 464 g/mol. The first-order chi connectivity index (χ1) is 18.3. The van der Waals surface area contributed by atoms with Crippen LogP contribution >= 0.6 is 0 Å². The molecule has 3 saturated heterocycles. The molecule has 0 spiro atoms. The van der Waals surface area contributed by atoms with Crippen molar-refractivity contribution in [2.24, 2.45) is 0 Å². The number of benzene rings is 2. The third-order valence-electron chi connectivity index (χ3n) is 8.41. The molecule has 3 fully saturated rings. The average molecular weight is 505 g/mol. The minimum Gasteiger partial charge on any atom is -0.374 e. The second kappa shape index (κ2) is 11.2. The van der Waals surface area contributed by atoms with E-state index >= 15 is 0 Å². The second-order valence-corrected chi connectivity index (χ2v) is 10.5. The molecule has 2 aromatic carbocycles. The van der Waals surface area contributed by atoms with Crippen molar-refractivity contribution < 1.29 is 14.2 Å². The molecule has 0 saturated carbocycles. The fourth-order valence-corrected chi connectivity index (χ4v) is 6.47. The van der Waals surface area contributed by atoms with E-state index in [9.17, 15) is 0 Å². The Bertz CT molecular complexity index is 1060. The van der Waals surface area contributed by atoms with Gasteiger partial charge in [-0.25, -0.2) is 5.43 Å². The first-order valence-electron chi connectivity index (χ1n) is 14.1. The van der Waals surface area contributed by atoms with Crippen molar-refractivity contribution in [3.05, 3.63) is 71.9 Å². The van der Waals surface area contributed by atoms with Gasteiger partial charge in [0.05, 0.1) is 12.7 Å². The fraction of sp³-hybridized carbons (Fsp3) is 0.533.